The third-order valence-corrected chi connectivity index (χ3v) is 9.99. The van der Waals surface area contributed by atoms with Crippen molar-refractivity contribution in [3.8, 4) is 0 Å². The van der Waals surface area contributed by atoms with E-state index in [1.807, 2.05) is 0 Å². The second kappa shape index (κ2) is 33.1. The van der Waals surface area contributed by atoms with Gasteiger partial charge in [0, 0.05) is 18.6 Å². The first kappa shape index (κ1) is 45.6. The van der Waals surface area contributed by atoms with E-state index in [0.717, 1.165) is 43.4 Å². The number of amides is 2. The molecule has 0 rings (SSSR count). The number of carbonyl (C=O) groups excluding carboxylic acids is 3. The number of imide groups is 1. The van der Waals surface area contributed by atoms with Crippen molar-refractivity contribution in [2.24, 2.45) is 0 Å². The minimum Gasteiger partial charge on any atom is -0.480 e. The summed E-state index contributed by atoms with van der Waals surface area (Å²) in [6.45, 7) is 3.69. The van der Waals surface area contributed by atoms with Crippen molar-refractivity contribution in [1.82, 2.24) is 4.90 Å². The van der Waals surface area contributed by atoms with Crippen LogP contribution < -0.4 is 0 Å². The number of aliphatic hydroxyl groups excluding tert-OH is 2. The van der Waals surface area contributed by atoms with Gasteiger partial charge in [0.15, 0.2) is 0 Å². The van der Waals surface area contributed by atoms with Gasteiger partial charge in [0.1, 0.15) is 12.1 Å². The first-order valence-electron chi connectivity index (χ1n) is 19.3. The highest BCUT2D eigenvalue weighted by molar-refractivity contribution is 8.13. The van der Waals surface area contributed by atoms with Crippen molar-refractivity contribution in [1.29, 1.82) is 0 Å². The summed E-state index contributed by atoms with van der Waals surface area (Å²) in [5, 5.41) is 27.8. The van der Waals surface area contributed by atoms with Gasteiger partial charge in [-0.25, -0.2) is 4.79 Å². The Morgan fingerprint density at radius 2 is 0.830 bits per heavy atom. The van der Waals surface area contributed by atoms with E-state index in [1.165, 1.54) is 116 Å². The fourth-order valence-corrected chi connectivity index (χ4v) is 6.78. The molecule has 0 aromatic heterocycles. The van der Waals surface area contributed by atoms with Crippen LogP contribution in [0.25, 0.3) is 0 Å². The van der Waals surface area contributed by atoms with Crippen LogP contribution in [-0.4, -0.2) is 67.6 Å². The molecule has 0 aliphatic heterocycles. The van der Waals surface area contributed by atoms with Gasteiger partial charge in [0.25, 0.3) is 0 Å². The molecule has 0 fully saturated rings. The van der Waals surface area contributed by atoms with Gasteiger partial charge in [0.2, 0.25) is 16.9 Å². The van der Waals surface area contributed by atoms with Crippen molar-refractivity contribution in [3.05, 3.63) is 0 Å². The molecular weight excluding hydrogens is 614 g/mol. The number of unbranched alkanes of at least 4 members (excludes halogenated alkanes) is 24. The summed E-state index contributed by atoms with van der Waals surface area (Å²) < 4.78 is 0. The monoisotopic (exact) mass is 685 g/mol. The number of aliphatic hydroxyl groups is 2. The average molecular weight is 686 g/mol. The zero-order chi connectivity index (χ0) is 35.0. The van der Waals surface area contributed by atoms with Crippen LogP contribution in [0.15, 0.2) is 0 Å². The second-order valence-electron chi connectivity index (χ2n) is 13.3. The van der Waals surface area contributed by atoms with E-state index < -0.39 is 41.7 Å². The van der Waals surface area contributed by atoms with Crippen LogP contribution in [0.2, 0.25) is 0 Å². The molecule has 1 unspecified atom stereocenters. The van der Waals surface area contributed by atoms with Gasteiger partial charge in [-0.05, 0) is 12.8 Å². The number of rotatable bonds is 34. The average Bonchev–Trinajstić information content (AvgIpc) is 3.06. The summed E-state index contributed by atoms with van der Waals surface area (Å²) in [4.78, 5) is 51.6. The Hall–Kier alpha value is -1.45. The summed E-state index contributed by atoms with van der Waals surface area (Å²) in [6, 6.07) is -1.50. The summed E-state index contributed by atoms with van der Waals surface area (Å²) in [5.41, 5.74) is 0. The SMILES string of the molecule is CCCCCCCCCCCCCCCC(=O)N(C(=O)CCCCCCCCCCCCCCC)[C@@H](CSC(=O)C(O)CO)C(=O)O. The van der Waals surface area contributed by atoms with Crippen LogP contribution in [0.5, 0.6) is 0 Å². The number of thioether (sulfide) groups is 1. The number of aliphatic carboxylic acids is 1. The Kier molecular flexibility index (Phi) is 32.0. The summed E-state index contributed by atoms with van der Waals surface area (Å²) >= 11 is 0.528. The number of carboxylic acids is 1. The summed E-state index contributed by atoms with van der Waals surface area (Å²) in [6.07, 6.45) is 28.8. The van der Waals surface area contributed by atoms with E-state index >= 15 is 0 Å². The predicted molar refractivity (Wildman–Crippen MR) is 194 cm³/mol. The Labute approximate surface area is 291 Å². The maximum absolute atomic E-state index is 13.3. The summed E-state index contributed by atoms with van der Waals surface area (Å²) in [7, 11) is 0. The Balaban J connectivity index is 4.65. The first-order chi connectivity index (χ1) is 22.8. The number of nitrogens with zero attached hydrogens (tertiary/aromatic N) is 1. The van der Waals surface area contributed by atoms with E-state index in [-0.39, 0.29) is 18.6 Å². The van der Waals surface area contributed by atoms with Crippen molar-refractivity contribution < 1.29 is 34.5 Å². The molecule has 0 aromatic rings. The molecule has 0 radical (unpaired) electrons. The predicted octanol–water partition coefficient (Wildman–Crippen LogP) is 9.37. The molecule has 0 heterocycles. The first-order valence-corrected chi connectivity index (χ1v) is 20.3. The van der Waals surface area contributed by atoms with E-state index in [2.05, 4.69) is 13.8 Å². The molecule has 2 atom stereocenters. The molecule has 276 valence electrons. The van der Waals surface area contributed by atoms with E-state index in [1.54, 1.807) is 0 Å². The van der Waals surface area contributed by atoms with Crippen molar-refractivity contribution >= 4 is 34.7 Å². The highest BCUT2D eigenvalue weighted by Gasteiger charge is 2.35. The summed E-state index contributed by atoms with van der Waals surface area (Å²) in [5.74, 6) is -2.76. The Morgan fingerprint density at radius 1 is 0.532 bits per heavy atom. The van der Waals surface area contributed by atoms with E-state index in [0.29, 0.717) is 24.6 Å². The molecule has 0 aliphatic carbocycles. The molecule has 0 aromatic carbocycles. The molecule has 0 bridgehead atoms. The molecule has 0 saturated carbocycles. The lowest BCUT2D eigenvalue weighted by molar-refractivity contribution is -0.157. The van der Waals surface area contributed by atoms with Gasteiger partial charge < -0.3 is 15.3 Å². The normalized spacial score (nSPS) is 12.6. The molecular formula is C38H71NO7S. The topological polar surface area (TPSA) is 132 Å². The fraction of sp³-hybridized carbons (Fsp3) is 0.895. The largest absolute Gasteiger partial charge is 0.480 e. The minimum absolute atomic E-state index is 0.0871. The molecule has 2 amide bonds. The number of hydrogen-bond acceptors (Lipinski definition) is 7. The van der Waals surface area contributed by atoms with E-state index in [9.17, 15) is 29.4 Å². The van der Waals surface area contributed by atoms with E-state index in [4.69, 9.17) is 5.11 Å². The van der Waals surface area contributed by atoms with Gasteiger partial charge in [-0.1, -0.05) is 180 Å². The van der Waals surface area contributed by atoms with Crippen LogP contribution in [0.3, 0.4) is 0 Å². The second-order valence-corrected chi connectivity index (χ2v) is 14.3. The third-order valence-electron chi connectivity index (χ3n) is 8.95. The highest BCUT2D eigenvalue weighted by atomic mass is 32.2. The van der Waals surface area contributed by atoms with Crippen molar-refractivity contribution in [3.63, 3.8) is 0 Å². The van der Waals surface area contributed by atoms with Gasteiger partial charge >= 0.3 is 5.97 Å². The van der Waals surface area contributed by atoms with Gasteiger partial charge in [-0.15, -0.1) is 0 Å². The van der Waals surface area contributed by atoms with Crippen LogP contribution in [0, 0.1) is 0 Å². The fourth-order valence-electron chi connectivity index (χ4n) is 5.90. The quantitative estimate of drug-likeness (QED) is 0.0571. The van der Waals surface area contributed by atoms with Crippen LogP contribution in [-0.2, 0) is 19.2 Å². The molecule has 0 aliphatic rings. The number of carboxylic acid groups (broad SMARTS) is 1. The zero-order valence-corrected chi connectivity index (χ0v) is 31.0. The van der Waals surface area contributed by atoms with Gasteiger partial charge in [-0.2, -0.15) is 0 Å². The molecule has 47 heavy (non-hydrogen) atoms. The van der Waals surface area contributed by atoms with Crippen molar-refractivity contribution in [2.75, 3.05) is 12.4 Å². The highest BCUT2D eigenvalue weighted by Crippen LogP contribution is 2.19. The number of hydrogen-bond donors (Lipinski definition) is 3. The maximum Gasteiger partial charge on any atom is 0.327 e. The smallest absolute Gasteiger partial charge is 0.327 e. The molecule has 0 spiro atoms. The number of carbonyl (C=O) groups is 4. The van der Waals surface area contributed by atoms with Crippen LogP contribution in [0.1, 0.15) is 194 Å². The lowest BCUT2D eigenvalue weighted by Gasteiger charge is -2.27. The van der Waals surface area contributed by atoms with Gasteiger partial charge in [-0.3, -0.25) is 19.3 Å². The van der Waals surface area contributed by atoms with Crippen molar-refractivity contribution in [2.45, 2.75) is 206 Å². The Morgan fingerprint density at radius 3 is 1.11 bits per heavy atom. The van der Waals surface area contributed by atoms with Crippen LogP contribution >= 0.6 is 11.8 Å². The minimum atomic E-state index is -1.63. The standard InChI is InChI=1S/C38H71NO7S/c1-3-5-7-9-11-13-15-17-19-21-23-25-27-29-35(42)39(33(37(44)45)32-47-38(46)34(41)31-40)36(43)30-28-26-24-22-20-18-16-14-12-10-8-6-4-2/h33-34,40-41H,3-32H2,1-2H3,(H,44,45)/t33-,34?/m0/s1. The van der Waals surface area contributed by atoms with Crippen LogP contribution in [0.4, 0.5) is 0 Å². The maximum atomic E-state index is 13.3. The van der Waals surface area contributed by atoms with Gasteiger partial charge in [0.05, 0.1) is 6.61 Å². The zero-order valence-electron chi connectivity index (χ0n) is 30.2. The lowest BCUT2D eigenvalue weighted by atomic mass is 10.0. The molecule has 8 nitrogen and oxygen atoms in total. The third kappa shape index (κ3) is 26.1. The molecule has 0 saturated heterocycles. The molecule has 9 heteroatoms. The lowest BCUT2D eigenvalue weighted by Crippen LogP contribution is -2.50. The molecule has 3 N–H and O–H groups in total. The Bertz CT molecular complexity index is 752.